The monoisotopic (exact) mass is 367 g/mol. The molecule has 2 aromatic carbocycles. The van der Waals surface area contributed by atoms with Crippen LogP contribution in [0.4, 0.5) is 5.69 Å². The molecule has 0 unspecified atom stereocenters. The third-order valence-electron chi connectivity index (χ3n) is 4.60. The van der Waals surface area contributed by atoms with E-state index in [9.17, 15) is 14.4 Å². The molecule has 27 heavy (non-hydrogen) atoms. The van der Waals surface area contributed by atoms with Crippen LogP contribution in [0.5, 0.6) is 5.75 Å². The third kappa shape index (κ3) is 4.00. The SMILES string of the molecule is Cc1cc(C)c(C(=O)COC(=O)CN2C(=O)COc3ccccc32)cc1C. The van der Waals surface area contributed by atoms with Crippen LogP contribution < -0.4 is 9.64 Å². The van der Waals surface area contributed by atoms with Gasteiger partial charge in [-0.3, -0.25) is 19.3 Å². The van der Waals surface area contributed by atoms with E-state index in [-0.39, 0.29) is 31.4 Å². The van der Waals surface area contributed by atoms with Crippen LogP contribution in [0.25, 0.3) is 0 Å². The van der Waals surface area contributed by atoms with E-state index in [0.29, 0.717) is 17.0 Å². The van der Waals surface area contributed by atoms with Gasteiger partial charge in [0.15, 0.2) is 13.2 Å². The average molecular weight is 367 g/mol. The van der Waals surface area contributed by atoms with E-state index in [1.807, 2.05) is 32.9 Å². The molecule has 3 rings (SSSR count). The smallest absolute Gasteiger partial charge is 0.326 e. The fraction of sp³-hybridized carbons (Fsp3) is 0.286. The topological polar surface area (TPSA) is 72.9 Å². The Hall–Kier alpha value is -3.15. The van der Waals surface area contributed by atoms with E-state index in [1.54, 1.807) is 24.3 Å². The van der Waals surface area contributed by atoms with E-state index in [1.165, 1.54) is 4.90 Å². The number of carbonyl (C=O) groups is 3. The highest BCUT2D eigenvalue weighted by atomic mass is 16.5. The number of carbonyl (C=O) groups excluding carboxylic acids is 3. The number of hydrogen-bond donors (Lipinski definition) is 0. The molecule has 1 heterocycles. The molecule has 0 aliphatic carbocycles. The molecule has 0 saturated heterocycles. The van der Waals surface area contributed by atoms with Crippen molar-refractivity contribution in [3.63, 3.8) is 0 Å². The number of hydrogen-bond acceptors (Lipinski definition) is 5. The van der Waals surface area contributed by atoms with Gasteiger partial charge < -0.3 is 9.47 Å². The largest absolute Gasteiger partial charge is 0.482 e. The summed E-state index contributed by atoms with van der Waals surface area (Å²) < 4.78 is 10.5. The summed E-state index contributed by atoms with van der Waals surface area (Å²) in [5, 5.41) is 0. The van der Waals surface area contributed by atoms with Crippen molar-refractivity contribution in [1.82, 2.24) is 0 Å². The van der Waals surface area contributed by atoms with Crippen molar-refractivity contribution in [2.75, 3.05) is 24.7 Å². The summed E-state index contributed by atoms with van der Waals surface area (Å²) in [6.45, 7) is 5.00. The minimum atomic E-state index is -0.644. The first-order valence-corrected chi connectivity index (χ1v) is 8.65. The lowest BCUT2D eigenvalue weighted by atomic mass is 9.98. The van der Waals surface area contributed by atoms with Gasteiger partial charge in [0.25, 0.3) is 5.91 Å². The summed E-state index contributed by atoms with van der Waals surface area (Å²) in [4.78, 5) is 38.0. The number of rotatable bonds is 5. The first-order chi connectivity index (χ1) is 12.9. The van der Waals surface area contributed by atoms with Crippen molar-refractivity contribution >= 4 is 23.3 Å². The molecule has 0 bridgehead atoms. The third-order valence-corrected chi connectivity index (χ3v) is 4.60. The van der Waals surface area contributed by atoms with E-state index in [0.717, 1.165) is 16.7 Å². The van der Waals surface area contributed by atoms with Crippen LogP contribution in [0.15, 0.2) is 36.4 Å². The lowest BCUT2D eigenvalue weighted by molar-refractivity contribution is -0.142. The van der Waals surface area contributed by atoms with Crippen LogP contribution in [0, 0.1) is 20.8 Å². The van der Waals surface area contributed by atoms with Crippen molar-refractivity contribution in [3.05, 3.63) is 58.7 Å². The zero-order valence-corrected chi connectivity index (χ0v) is 15.6. The molecule has 0 atom stereocenters. The van der Waals surface area contributed by atoms with Crippen molar-refractivity contribution in [2.24, 2.45) is 0 Å². The standard InChI is InChI=1S/C21H21NO5/c1-13-8-15(3)16(9-14(13)2)18(23)11-27-21(25)10-22-17-6-4-5-7-19(17)26-12-20(22)24/h4-9H,10-12H2,1-3H3. The zero-order valence-electron chi connectivity index (χ0n) is 15.6. The molecule has 1 aliphatic heterocycles. The summed E-state index contributed by atoms with van der Waals surface area (Å²) in [6, 6.07) is 10.7. The minimum absolute atomic E-state index is 0.134. The predicted octanol–water partition coefficient (Wildman–Crippen LogP) is 2.76. The van der Waals surface area contributed by atoms with Gasteiger partial charge in [0, 0.05) is 5.56 Å². The Morgan fingerprint density at radius 2 is 1.78 bits per heavy atom. The first-order valence-electron chi connectivity index (χ1n) is 8.65. The quantitative estimate of drug-likeness (QED) is 0.600. The lowest BCUT2D eigenvalue weighted by Gasteiger charge is -2.28. The summed E-state index contributed by atoms with van der Waals surface area (Å²) in [5.41, 5.74) is 4.01. The number of Topliss-reactive ketones (excluding diaryl/α,β-unsaturated/α-hetero) is 1. The van der Waals surface area contributed by atoms with E-state index in [2.05, 4.69) is 0 Å². The maximum Gasteiger partial charge on any atom is 0.326 e. The number of ketones is 1. The number of nitrogens with zero attached hydrogens (tertiary/aromatic N) is 1. The van der Waals surface area contributed by atoms with Crippen LogP contribution in [-0.4, -0.2) is 37.4 Å². The van der Waals surface area contributed by atoms with Gasteiger partial charge in [-0.05, 0) is 55.7 Å². The molecule has 0 N–H and O–H groups in total. The fourth-order valence-corrected chi connectivity index (χ4v) is 2.99. The van der Waals surface area contributed by atoms with Crippen LogP contribution in [0.3, 0.4) is 0 Å². The molecule has 140 valence electrons. The van der Waals surface area contributed by atoms with Crippen LogP contribution >= 0.6 is 0 Å². The van der Waals surface area contributed by atoms with Crippen molar-refractivity contribution < 1.29 is 23.9 Å². The summed E-state index contributed by atoms with van der Waals surface area (Å²) in [7, 11) is 0. The predicted molar refractivity (Wildman–Crippen MR) is 100 cm³/mol. The van der Waals surface area contributed by atoms with Crippen LogP contribution in [0.1, 0.15) is 27.0 Å². The Balaban J connectivity index is 1.64. The number of esters is 1. The molecule has 6 heteroatoms. The lowest BCUT2D eigenvalue weighted by Crippen LogP contribution is -2.42. The molecule has 1 aliphatic rings. The molecule has 2 aromatic rings. The van der Waals surface area contributed by atoms with Gasteiger partial charge in [0.2, 0.25) is 5.78 Å². The van der Waals surface area contributed by atoms with Gasteiger partial charge in [0.1, 0.15) is 12.3 Å². The zero-order chi connectivity index (χ0) is 19.6. The normalized spacial score (nSPS) is 13.0. The van der Waals surface area contributed by atoms with Crippen molar-refractivity contribution in [3.8, 4) is 5.75 Å². The second-order valence-corrected chi connectivity index (χ2v) is 6.57. The Bertz CT molecular complexity index is 919. The van der Waals surface area contributed by atoms with E-state index >= 15 is 0 Å². The van der Waals surface area contributed by atoms with Gasteiger partial charge in [-0.25, -0.2) is 0 Å². The molecule has 0 aromatic heterocycles. The summed E-state index contributed by atoms with van der Waals surface area (Å²) in [5.74, 6) is -0.707. The maximum atomic E-state index is 12.4. The minimum Gasteiger partial charge on any atom is -0.482 e. The van der Waals surface area contributed by atoms with Crippen LogP contribution in [-0.2, 0) is 14.3 Å². The highest BCUT2D eigenvalue weighted by molar-refractivity contribution is 6.02. The van der Waals surface area contributed by atoms with Crippen molar-refractivity contribution in [1.29, 1.82) is 0 Å². The molecule has 0 saturated carbocycles. The van der Waals surface area contributed by atoms with Gasteiger partial charge in [-0.1, -0.05) is 18.2 Å². The second kappa shape index (κ2) is 7.61. The molecular formula is C21H21NO5. The highest BCUT2D eigenvalue weighted by Gasteiger charge is 2.27. The molecule has 1 amide bonds. The highest BCUT2D eigenvalue weighted by Crippen LogP contribution is 2.31. The Kier molecular flexibility index (Phi) is 5.26. The van der Waals surface area contributed by atoms with Crippen molar-refractivity contribution in [2.45, 2.75) is 20.8 Å². The Morgan fingerprint density at radius 1 is 1.07 bits per heavy atom. The average Bonchev–Trinajstić information content (AvgIpc) is 2.65. The van der Waals surface area contributed by atoms with Gasteiger partial charge in [-0.2, -0.15) is 0 Å². The molecule has 0 fully saturated rings. The first kappa shape index (κ1) is 18.6. The number of ether oxygens (including phenoxy) is 2. The van der Waals surface area contributed by atoms with Gasteiger partial charge in [0.05, 0.1) is 5.69 Å². The number of para-hydroxylation sites is 2. The number of benzene rings is 2. The number of fused-ring (bicyclic) bond motifs is 1. The summed E-state index contributed by atoms with van der Waals surface area (Å²) >= 11 is 0. The molecule has 0 spiro atoms. The second-order valence-electron chi connectivity index (χ2n) is 6.57. The molecule has 0 radical (unpaired) electrons. The Morgan fingerprint density at radius 3 is 2.56 bits per heavy atom. The van der Waals surface area contributed by atoms with Gasteiger partial charge >= 0.3 is 5.97 Å². The number of anilines is 1. The number of aryl methyl sites for hydroxylation is 3. The summed E-state index contributed by atoms with van der Waals surface area (Å²) in [6.07, 6.45) is 0. The van der Waals surface area contributed by atoms with Crippen LogP contribution in [0.2, 0.25) is 0 Å². The van der Waals surface area contributed by atoms with Gasteiger partial charge in [-0.15, -0.1) is 0 Å². The molecular weight excluding hydrogens is 346 g/mol. The van der Waals surface area contributed by atoms with E-state index < -0.39 is 5.97 Å². The maximum absolute atomic E-state index is 12.4. The van der Waals surface area contributed by atoms with E-state index in [4.69, 9.17) is 9.47 Å². The fourth-order valence-electron chi connectivity index (χ4n) is 2.99. The molecule has 6 nitrogen and oxygen atoms in total. The Labute approximate surface area is 157 Å². The number of amides is 1.